The molecule has 3 heteroatoms. The normalized spacial score (nSPS) is 11.0. The Bertz CT molecular complexity index is 436. The molecule has 2 aromatic rings. The quantitative estimate of drug-likeness (QED) is 0.763. The monoisotopic (exact) mass is 210 g/mol. The third-order valence-electron chi connectivity index (χ3n) is 2.09. The Morgan fingerprint density at radius 1 is 1.43 bits per heavy atom. The van der Waals surface area contributed by atoms with Crippen molar-refractivity contribution in [1.29, 1.82) is 0 Å². The Hall–Kier alpha value is -0.960. The zero-order chi connectivity index (χ0) is 9.97. The van der Waals surface area contributed by atoms with Gasteiger partial charge in [-0.2, -0.15) is 11.8 Å². The van der Waals surface area contributed by atoms with E-state index in [1.54, 1.807) is 24.1 Å². The Morgan fingerprint density at radius 3 is 3.07 bits per heavy atom. The van der Waals surface area contributed by atoms with Gasteiger partial charge in [-0.05, 0) is 11.8 Å². The third-order valence-corrected chi connectivity index (χ3v) is 3.02. The van der Waals surface area contributed by atoms with Crippen LogP contribution < -0.4 is 0 Å². The van der Waals surface area contributed by atoms with Crippen LogP contribution in [-0.2, 0) is 5.75 Å². The molecule has 14 heavy (non-hydrogen) atoms. The van der Waals surface area contributed by atoms with E-state index in [4.69, 9.17) is 4.42 Å². The molecule has 0 amide bonds. The Labute approximate surface area is 86.3 Å². The van der Waals surface area contributed by atoms with Crippen molar-refractivity contribution < 1.29 is 8.81 Å². The van der Waals surface area contributed by atoms with E-state index in [0.717, 1.165) is 22.5 Å². The van der Waals surface area contributed by atoms with Crippen LogP contribution in [0.5, 0.6) is 0 Å². The maximum absolute atomic E-state index is 13.2. The highest BCUT2D eigenvalue weighted by atomic mass is 32.2. The molecule has 1 aromatic heterocycles. The molecule has 0 saturated carbocycles. The minimum atomic E-state index is -0.282. The number of benzene rings is 1. The zero-order valence-electron chi connectivity index (χ0n) is 7.92. The summed E-state index contributed by atoms with van der Waals surface area (Å²) in [6, 6.07) is 5.03. The second-order valence-corrected chi connectivity index (χ2v) is 4.29. The average molecular weight is 210 g/mol. The van der Waals surface area contributed by atoms with Crippen molar-refractivity contribution in [3.63, 3.8) is 0 Å². The summed E-state index contributed by atoms with van der Waals surface area (Å²) in [5, 5.41) is 0.894. The molecule has 0 aliphatic carbocycles. The van der Waals surface area contributed by atoms with E-state index < -0.39 is 0 Å². The predicted molar refractivity (Wildman–Crippen MR) is 58.0 cm³/mol. The molecule has 0 unspecified atom stereocenters. The van der Waals surface area contributed by atoms with E-state index in [0.29, 0.717) is 5.58 Å². The second kappa shape index (κ2) is 4.05. The van der Waals surface area contributed by atoms with Crippen LogP contribution in [0.4, 0.5) is 4.39 Å². The van der Waals surface area contributed by atoms with Gasteiger partial charge in [0.2, 0.25) is 0 Å². The summed E-state index contributed by atoms with van der Waals surface area (Å²) in [5.74, 6) is 1.66. The van der Waals surface area contributed by atoms with Gasteiger partial charge in [-0.3, -0.25) is 0 Å². The fourth-order valence-corrected chi connectivity index (χ4v) is 2.05. The maximum atomic E-state index is 13.2. The number of furan rings is 1. The Morgan fingerprint density at radius 2 is 2.29 bits per heavy atom. The van der Waals surface area contributed by atoms with Crippen molar-refractivity contribution in [2.75, 3.05) is 5.75 Å². The van der Waals surface area contributed by atoms with Gasteiger partial charge in [0, 0.05) is 16.7 Å². The summed E-state index contributed by atoms with van der Waals surface area (Å²) >= 11 is 1.80. The maximum Gasteiger partial charge on any atom is 0.169 e. The molecule has 0 aliphatic rings. The molecule has 0 radical (unpaired) electrons. The average Bonchev–Trinajstić information content (AvgIpc) is 2.60. The molecule has 0 saturated heterocycles. The lowest BCUT2D eigenvalue weighted by Crippen LogP contribution is -1.79. The van der Waals surface area contributed by atoms with Gasteiger partial charge in [-0.1, -0.05) is 19.1 Å². The number of hydrogen-bond acceptors (Lipinski definition) is 2. The number of hydrogen-bond donors (Lipinski definition) is 0. The van der Waals surface area contributed by atoms with Gasteiger partial charge in [0.15, 0.2) is 11.4 Å². The summed E-state index contributed by atoms with van der Waals surface area (Å²) in [6.45, 7) is 2.10. The Kier molecular flexibility index (Phi) is 2.77. The molecule has 1 aromatic carbocycles. The van der Waals surface area contributed by atoms with Gasteiger partial charge in [0.25, 0.3) is 0 Å². The van der Waals surface area contributed by atoms with Crippen LogP contribution in [0.25, 0.3) is 11.0 Å². The van der Waals surface area contributed by atoms with E-state index in [1.807, 2.05) is 6.07 Å². The lowest BCUT2D eigenvalue weighted by atomic mass is 10.2. The van der Waals surface area contributed by atoms with Gasteiger partial charge in [-0.15, -0.1) is 0 Å². The minimum Gasteiger partial charge on any atom is -0.461 e. The Balaban J connectivity index is 2.42. The highest BCUT2D eigenvalue weighted by Gasteiger charge is 2.08. The van der Waals surface area contributed by atoms with Crippen molar-refractivity contribution >= 4 is 22.7 Å². The van der Waals surface area contributed by atoms with Crippen LogP contribution in [0.1, 0.15) is 12.5 Å². The van der Waals surface area contributed by atoms with Crippen molar-refractivity contribution in [1.82, 2.24) is 0 Å². The molecule has 0 fully saturated rings. The van der Waals surface area contributed by atoms with Crippen LogP contribution in [0.2, 0.25) is 0 Å². The topological polar surface area (TPSA) is 13.1 Å². The number of para-hydroxylation sites is 1. The van der Waals surface area contributed by atoms with Gasteiger partial charge < -0.3 is 4.42 Å². The van der Waals surface area contributed by atoms with E-state index in [-0.39, 0.29) is 5.82 Å². The van der Waals surface area contributed by atoms with Crippen LogP contribution in [0.15, 0.2) is 28.9 Å². The minimum absolute atomic E-state index is 0.282. The van der Waals surface area contributed by atoms with Crippen LogP contribution in [-0.4, -0.2) is 5.75 Å². The fraction of sp³-hybridized carbons (Fsp3) is 0.273. The molecule has 1 nitrogen and oxygen atoms in total. The first-order valence-electron chi connectivity index (χ1n) is 4.55. The van der Waals surface area contributed by atoms with E-state index in [2.05, 4.69) is 6.92 Å². The molecule has 0 N–H and O–H groups in total. The molecular formula is C11H11FOS. The largest absolute Gasteiger partial charge is 0.461 e. The number of halogens is 1. The van der Waals surface area contributed by atoms with Crippen LogP contribution in [0, 0.1) is 5.82 Å². The SMILES string of the molecule is CCSCc1coc2c(F)cccc12. The van der Waals surface area contributed by atoms with Gasteiger partial charge in [0.05, 0.1) is 6.26 Å². The lowest BCUT2D eigenvalue weighted by molar-refractivity contribution is 0.559. The van der Waals surface area contributed by atoms with Crippen LogP contribution >= 0.6 is 11.8 Å². The zero-order valence-corrected chi connectivity index (χ0v) is 8.73. The molecule has 74 valence electrons. The van der Waals surface area contributed by atoms with Gasteiger partial charge in [0.1, 0.15) is 0 Å². The summed E-state index contributed by atoms with van der Waals surface area (Å²) in [6.07, 6.45) is 1.65. The van der Waals surface area contributed by atoms with Crippen molar-refractivity contribution in [3.05, 3.63) is 35.8 Å². The van der Waals surface area contributed by atoms with E-state index in [9.17, 15) is 4.39 Å². The number of thioether (sulfide) groups is 1. The first-order chi connectivity index (χ1) is 6.83. The van der Waals surface area contributed by atoms with Crippen molar-refractivity contribution in [3.8, 4) is 0 Å². The first kappa shape index (κ1) is 9.59. The predicted octanol–water partition coefficient (Wildman–Crippen LogP) is 3.83. The van der Waals surface area contributed by atoms with E-state index >= 15 is 0 Å². The first-order valence-corrected chi connectivity index (χ1v) is 5.70. The van der Waals surface area contributed by atoms with E-state index in [1.165, 1.54) is 6.07 Å². The summed E-state index contributed by atoms with van der Waals surface area (Å²) in [7, 11) is 0. The second-order valence-electron chi connectivity index (χ2n) is 3.01. The third kappa shape index (κ3) is 1.64. The number of fused-ring (bicyclic) bond motifs is 1. The fourth-order valence-electron chi connectivity index (χ4n) is 1.40. The highest BCUT2D eigenvalue weighted by molar-refractivity contribution is 7.98. The van der Waals surface area contributed by atoms with Gasteiger partial charge in [-0.25, -0.2) is 4.39 Å². The van der Waals surface area contributed by atoms with Crippen molar-refractivity contribution in [2.45, 2.75) is 12.7 Å². The highest BCUT2D eigenvalue weighted by Crippen LogP contribution is 2.26. The smallest absolute Gasteiger partial charge is 0.169 e. The molecule has 0 spiro atoms. The van der Waals surface area contributed by atoms with Gasteiger partial charge >= 0.3 is 0 Å². The molecule has 0 bridgehead atoms. The summed E-state index contributed by atoms with van der Waals surface area (Å²) in [4.78, 5) is 0. The molecular weight excluding hydrogens is 199 g/mol. The van der Waals surface area contributed by atoms with Crippen LogP contribution in [0.3, 0.4) is 0 Å². The standard InChI is InChI=1S/C11H11FOS/c1-2-14-7-8-6-13-11-9(8)4-3-5-10(11)12/h3-6H,2,7H2,1H3. The molecule has 1 heterocycles. The molecule has 2 rings (SSSR count). The molecule has 0 atom stereocenters. The molecule has 0 aliphatic heterocycles. The number of rotatable bonds is 3. The lowest BCUT2D eigenvalue weighted by Gasteiger charge is -1.95. The summed E-state index contributed by atoms with van der Waals surface area (Å²) in [5.41, 5.74) is 1.45. The van der Waals surface area contributed by atoms with Crippen molar-refractivity contribution in [2.24, 2.45) is 0 Å². The summed E-state index contributed by atoms with van der Waals surface area (Å²) < 4.78 is 18.4.